The van der Waals surface area contributed by atoms with Crippen LogP contribution in [-0.4, -0.2) is 64.4 Å². The number of H-pyrrole nitrogens is 1. The lowest BCUT2D eigenvalue weighted by Crippen LogP contribution is -2.51. The molecule has 25 heavy (non-hydrogen) atoms. The van der Waals surface area contributed by atoms with E-state index in [-0.39, 0.29) is 42.6 Å². The first-order chi connectivity index (χ1) is 12.0. The van der Waals surface area contributed by atoms with Crippen LogP contribution in [0.4, 0.5) is 0 Å². The van der Waals surface area contributed by atoms with Crippen molar-refractivity contribution < 1.29 is 24.5 Å². The normalized spacial score (nSPS) is 24.9. The Morgan fingerprint density at radius 3 is 2.80 bits per heavy atom. The lowest BCUT2D eigenvalue weighted by molar-refractivity contribution is -0.122. The fourth-order valence-corrected chi connectivity index (χ4v) is 3.60. The van der Waals surface area contributed by atoms with Gasteiger partial charge >= 0.3 is 0 Å². The van der Waals surface area contributed by atoms with Gasteiger partial charge in [-0.05, 0) is 31.2 Å². The third kappa shape index (κ3) is 4.26. The van der Waals surface area contributed by atoms with Crippen molar-refractivity contribution in [2.24, 2.45) is 5.92 Å². The molecule has 1 aromatic heterocycles. The Balaban J connectivity index is 0.000000701. The summed E-state index contributed by atoms with van der Waals surface area (Å²) in [5.41, 5.74) is 1.06. The molecule has 0 aromatic carbocycles. The molecule has 3 rings (SSSR count). The molecule has 1 unspecified atom stereocenters. The van der Waals surface area contributed by atoms with Crippen LogP contribution in [0.5, 0.6) is 0 Å². The smallest absolute Gasteiger partial charge is 0.290 e. The number of ether oxygens (including phenoxy) is 1. The van der Waals surface area contributed by atoms with Crippen molar-refractivity contribution in [2.45, 2.75) is 38.3 Å². The van der Waals surface area contributed by atoms with Gasteiger partial charge in [0.15, 0.2) is 0 Å². The zero-order valence-electron chi connectivity index (χ0n) is 14.2. The quantitative estimate of drug-likeness (QED) is 0.671. The van der Waals surface area contributed by atoms with Crippen molar-refractivity contribution in [2.75, 3.05) is 19.8 Å². The maximum absolute atomic E-state index is 12.9. The standard InChI is InChI=1S/C16H22N2O4.CH2O2/c1-2-12-11(3-4-15(20)17-12)16(21)18-5-6-22-14-8-10(9-19)7-13(14)18;2-1-3/h3-4,10,13-14,19H,2,5-9H2,1H3,(H,17,20);1H,(H,2,3)/t10-,13+,14?;/m1./s1. The molecular formula is C17H24N2O6. The lowest BCUT2D eigenvalue weighted by atomic mass is 10.1. The van der Waals surface area contributed by atoms with E-state index < -0.39 is 0 Å². The zero-order chi connectivity index (χ0) is 18.4. The first kappa shape index (κ1) is 19.1. The van der Waals surface area contributed by atoms with Gasteiger partial charge in [0.05, 0.1) is 24.3 Å². The van der Waals surface area contributed by atoms with E-state index in [0.29, 0.717) is 30.8 Å². The van der Waals surface area contributed by atoms with Gasteiger partial charge < -0.3 is 24.8 Å². The number of aromatic amines is 1. The van der Waals surface area contributed by atoms with Gasteiger partial charge in [-0.3, -0.25) is 14.4 Å². The molecule has 2 heterocycles. The summed E-state index contributed by atoms with van der Waals surface area (Å²) < 4.78 is 5.76. The largest absolute Gasteiger partial charge is 0.483 e. The summed E-state index contributed by atoms with van der Waals surface area (Å²) in [6, 6.07) is 3.04. The van der Waals surface area contributed by atoms with Gasteiger partial charge in [0.2, 0.25) is 5.56 Å². The van der Waals surface area contributed by atoms with E-state index in [4.69, 9.17) is 14.6 Å². The fourth-order valence-electron chi connectivity index (χ4n) is 3.60. The van der Waals surface area contributed by atoms with Crippen molar-refractivity contribution in [3.63, 3.8) is 0 Å². The second-order valence-corrected chi connectivity index (χ2v) is 6.17. The van der Waals surface area contributed by atoms with Crippen LogP contribution in [0, 0.1) is 5.92 Å². The number of aliphatic hydroxyl groups is 1. The van der Waals surface area contributed by atoms with Gasteiger partial charge in [0.1, 0.15) is 0 Å². The molecule has 3 N–H and O–H groups in total. The number of carbonyl (C=O) groups excluding carboxylic acids is 1. The van der Waals surface area contributed by atoms with Crippen LogP contribution in [0.25, 0.3) is 0 Å². The Morgan fingerprint density at radius 2 is 2.16 bits per heavy atom. The van der Waals surface area contributed by atoms with E-state index in [1.165, 1.54) is 6.07 Å². The molecule has 3 atom stereocenters. The molecule has 8 nitrogen and oxygen atoms in total. The number of aliphatic hydroxyl groups excluding tert-OH is 1. The second kappa shape index (κ2) is 8.77. The van der Waals surface area contributed by atoms with E-state index in [9.17, 15) is 14.7 Å². The summed E-state index contributed by atoms with van der Waals surface area (Å²) in [5.74, 6) is 0.148. The highest BCUT2D eigenvalue weighted by Crippen LogP contribution is 2.34. The Hall–Kier alpha value is -2.19. The summed E-state index contributed by atoms with van der Waals surface area (Å²) in [7, 11) is 0. The predicted octanol–water partition coefficient (Wildman–Crippen LogP) is 0.250. The first-order valence-electron chi connectivity index (χ1n) is 8.39. The van der Waals surface area contributed by atoms with Crippen molar-refractivity contribution in [1.82, 2.24) is 9.88 Å². The summed E-state index contributed by atoms with van der Waals surface area (Å²) >= 11 is 0. The number of nitrogens with one attached hydrogen (secondary N) is 1. The number of hydrogen-bond acceptors (Lipinski definition) is 5. The van der Waals surface area contributed by atoms with Crippen LogP contribution in [0.1, 0.15) is 35.8 Å². The van der Waals surface area contributed by atoms with E-state index in [1.807, 2.05) is 11.8 Å². The van der Waals surface area contributed by atoms with Gasteiger partial charge in [-0.25, -0.2) is 0 Å². The Bertz CT molecular complexity index is 659. The Kier molecular flexibility index (Phi) is 6.72. The third-order valence-electron chi connectivity index (χ3n) is 4.74. The number of carboxylic acid groups (broad SMARTS) is 1. The van der Waals surface area contributed by atoms with Crippen molar-refractivity contribution in [1.29, 1.82) is 0 Å². The Labute approximate surface area is 145 Å². The number of rotatable bonds is 3. The zero-order valence-corrected chi connectivity index (χ0v) is 14.2. The summed E-state index contributed by atoms with van der Waals surface area (Å²) in [6.07, 6.45) is 2.20. The van der Waals surface area contributed by atoms with Crippen LogP contribution in [0.3, 0.4) is 0 Å². The van der Waals surface area contributed by atoms with E-state index in [0.717, 1.165) is 12.8 Å². The fraction of sp³-hybridized carbons (Fsp3) is 0.588. The topological polar surface area (TPSA) is 120 Å². The molecule has 2 aliphatic rings. The molecule has 1 aromatic rings. The van der Waals surface area contributed by atoms with Crippen molar-refractivity contribution in [3.8, 4) is 0 Å². The molecular weight excluding hydrogens is 328 g/mol. The van der Waals surface area contributed by atoms with Crippen LogP contribution in [0.15, 0.2) is 16.9 Å². The average Bonchev–Trinajstić information content (AvgIpc) is 3.05. The van der Waals surface area contributed by atoms with Crippen molar-refractivity contribution >= 4 is 12.4 Å². The van der Waals surface area contributed by atoms with Crippen LogP contribution in [0.2, 0.25) is 0 Å². The molecule has 1 saturated carbocycles. The number of fused-ring (bicyclic) bond motifs is 1. The summed E-state index contributed by atoms with van der Waals surface area (Å²) in [5, 5.41) is 16.3. The number of nitrogens with zero attached hydrogens (tertiary/aromatic N) is 1. The van der Waals surface area contributed by atoms with Crippen LogP contribution in [-0.2, 0) is 16.0 Å². The van der Waals surface area contributed by atoms with Gasteiger partial charge in [-0.1, -0.05) is 6.92 Å². The van der Waals surface area contributed by atoms with Crippen LogP contribution >= 0.6 is 0 Å². The first-order valence-corrected chi connectivity index (χ1v) is 8.39. The lowest BCUT2D eigenvalue weighted by Gasteiger charge is -2.38. The number of morpholine rings is 1. The Morgan fingerprint density at radius 1 is 1.44 bits per heavy atom. The van der Waals surface area contributed by atoms with Crippen LogP contribution < -0.4 is 5.56 Å². The average molecular weight is 352 g/mol. The minimum atomic E-state index is -0.250. The summed E-state index contributed by atoms with van der Waals surface area (Å²) in [6.45, 7) is 2.88. The minimum absolute atomic E-state index is 0.0164. The van der Waals surface area contributed by atoms with E-state index in [2.05, 4.69) is 4.98 Å². The van der Waals surface area contributed by atoms with Gasteiger partial charge in [-0.2, -0.15) is 0 Å². The highest BCUT2D eigenvalue weighted by Gasteiger charge is 2.43. The number of pyridine rings is 1. The maximum Gasteiger partial charge on any atom is 0.290 e. The number of carbonyl (C=O) groups is 2. The monoisotopic (exact) mass is 352 g/mol. The molecule has 0 radical (unpaired) electrons. The number of hydrogen-bond donors (Lipinski definition) is 3. The minimum Gasteiger partial charge on any atom is -0.483 e. The number of aromatic nitrogens is 1. The molecule has 8 heteroatoms. The van der Waals surface area contributed by atoms with Gasteiger partial charge in [-0.15, -0.1) is 0 Å². The SMILES string of the molecule is CCc1[nH]c(=O)ccc1C(=O)N1CCOC2C[C@H](CO)C[C@@H]21.O=CO. The molecule has 2 fully saturated rings. The van der Waals surface area contributed by atoms with E-state index >= 15 is 0 Å². The molecule has 138 valence electrons. The number of amides is 1. The molecule has 0 bridgehead atoms. The summed E-state index contributed by atoms with van der Waals surface area (Å²) in [4.78, 5) is 37.3. The third-order valence-corrected chi connectivity index (χ3v) is 4.74. The highest BCUT2D eigenvalue weighted by atomic mass is 16.5. The van der Waals surface area contributed by atoms with Crippen molar-refractivity contribution in [3.05, 3.63) is 33.7 Å². The highest BCUT2D eigenvalue weighted by molar-refractivity contribution is 5.95. The molecule has 0 spiro atoms. The molecule has 1 aliphatic heterocycles. The molecule has 1 saturated heterocycles. The molecule has 1 amide bonds. The predicted molar refractivity (Wildman–Crippen MR) is 89.5 cm³/mol. The number of aryl methyl sites for hydroxylation is 1. The van der Waals surface area contributed by atoms with Gasteiger partial charge in [0.25, 0.3) is 12.4 Å². The van der Waals surface area contributed by atoms with E-state index in [1.54, 1.807) is 6.07 Å². The second-order valence-electron chi connectivity index (χ2n) is 6.17. The van der Waals surface area contributed by atoms with Gasteiger partial charge in [0, 0.05) is 24.9 Å². The maximum atomic E-state index is 12.9. The molecule has 1 aliphatic carbocycles.